The lowest BCUT2D eigenvalue weighted by Gasteiger charge is -2.10. The van der Waals surface area contributed by atoms with Crippen LogP contribution < -0.4 is 10.1 Å². The van der Waals surface area contributed by atoms with Gasteiger partial charge in [0.15, 0.2) is 0 Å². The molecule has 5 nitrogen and oxygen atoms in total. The molecule has 0 aliphatic heterocycles. The van der Waals surface area contributed by atoms with E-state index in [0.717, 1.165) is 16.8 Å². The average Bonchev–Trinajstić information content (AvgIpc) is 3.08. The Morgan fingerprint density at radius 1 is 0.943 bits per heavy atom. The van der Waals surface area contributed by atoms with Crippen LogP contribution >= 0.6 is 46.4 Å². The van der Waals surface area contributed by atoms with E-state index >= 15 is 0 Å². The largest absolute Gasteiger partial charge is 0.487 e. The summed E-state index contributed by atoms with van der Waals surface area (Å²) in [5.41, 5.74) is 4.34. The zero-order chi connectivity index (χ0) is 25.1. The molecule has 35 heavy (non-hydrogen) atoms. The maximum atomic E-state index is 12.9. The number of aryl methyl sites for hydroxylation is 1. The van der Waals surface area contributed by atoms with Gasteiger partial charge in [-0.2, -0.15) is 5.10 Å². The molecule has 0 bridgehead atoms. The first-order valence-electron chi connectivity index (χ1n) is 10.7. The molecule has 0 radical (unpaired) electrons. The van der Waals surface area contributed by atoms with Crippen molar-refractivity contribution in [2.24, 2.45) is 0 Å². The molecular formula is C26H21Cl4N3O2. The third-order valence-corrected chi connectivity index (χ3v) is 6.73. The first-order valence-corrected chi connectivity index (χ1v) is 12.2. The number of carbonyl (C=O) groups excluding carboxylic acids is 1. The van der Waals surface area contributed by atoms with Crippen molar-refractivity contribution in [3.05, 3.63) is 109 Å². The zero-order valence-corrected chi connectivity index (χ0v) is 21.9. The van der Waals surface area contributed by atoms with Crippen LogP contribution in [0.1, 0.15) is 32.9 Å². The molecule has 1 N–H and O–H groups in total. The summed E-state index contributed by atoms with van der Waals surface area (Å²) in [5.74, 6) is 0.304. The van der Waals surface area contributed by atoms with Crippen LogP contribution in [0.2, 0.25) is 20.1 Å². The van der Waals surface area contributed by atoms with Crippen LogP contribution in [0.25, 0.3) is 0 Å². The molecule has 0 aliphatic rings. The molecule has 4 aromatic rings. The molecule has 1 amide bonds. The van der Waals surface area contributed by atoms with E-state index < -0.39 is 0 Å². The summed E-state index contributed by atoms with van der Waals surface area (Å²) in [6.45, 7) is 4.44. The number of nitrogens with one attached hydrogen (secondary N) is 1. The molecule has 0 atom stereocenters. The third-order valence-electron chi connectivity index (χ3n) is 5.49. The maximum Gasteiger partial charge on any atom is 0.255 e. The molecule has 0 aliphatic carbocycles. The number of amides is 1. The summed E-state index contributed by atoms with van der Waals surface area (Å²) in [7, 11) is 0. The molecule has 0 fully saturated rings. The highest BCUT2D eigenvalue weighted by Gasteiger charge is 2.17. The molecule has 4 rings (SSSR count). The topological polar surface area (TPSA) is 56.2 Å². The second-order valence-electron chi connectivity index (χ2n) is 7.92. The van der Waals surface area contributed by atoms with Gasteiger partial charge in [-0.05, 0) is 61.9 Å². The lowest BCUT2D eigenvalue weighted by molar-refractivity contribution is 0.102. The minimum Gasteiger partial charge on any atom is -0.487 e. The second-order valence-corrected chi connectivity index (χ2v) is 9.58. The van der Waals surface area contributed by atoms with Gasteiger partial charge >= 0.3 is 0 Å². The highest BCUT2D eigenvalue weighted by Crippen LogP contribution is 2.29. The fraction of sp³-hybridized carbons (Fsp3) is 0.154. The van der Waals surface area contributed by atoms with Crippen LogP contribution in [0.4, 0.5) is 5.69 Å². The minimum absolute atomic E-state index is 0.236. The Balaban J connectivity index is 1.43. The van der Waals surface area contributed by atoms with Crippen LogP contribution in [0.5, 0.6) is 5.75 Å². The average molecular weight is 549 g/mol. The van der Waals surface area contributed by atoms with Gasteiger partial charge in [-0.25, -0.2) is 0 Å². The molecule has 3 aromatic carbocycles. The maximum absolute atomic E-state index is 12.9. The lowest BCUT2D eigenvalue weighted by Crippen LogP contribution is -2.13. The quantitative estimate of drug-likeness (QED) is 0.254. The van der Waals surface area contributed by atoms with Gasteiger partial charge in [0.05, 0.1) is 28.6 Å². The minimum atomic E-state index is -0.236. The smallest absolute Gasteiger partial charge is 0.255 e. The predicted octanol–water partition coefficient (Wildman–Crippen LogP) is 7.99. The molecule has 0 spiro atoms. The molecule has 1 heterocycles. The number of rotatable bonds is 7. The van der Waals surface area contributed by atoms with Crippen LogP contribution in [0, 0.1) is 13.8 Å². The van der Waals surface area contributed by atoms with Crippen LogP contribution in [-0.4, -0.2) is 15.7 Å². The lowest BCUT2D eigenvalue weighted by atomic mass is 10.1. The number of aromatic nitrogens is 2. The number of halogens is 4. The molecule has 0 saturated carbocycles. The van der Waals surface area contributed by atoms with Crippen LogP contribution in [0.3, 0.4) is 0 Å². The van der Waals surface area contributed by atoms with Gasteiger partial charge in [-0.1, -0.05) is 64.6 Å². The summed E-state index contributed by atoms with van der Waals surface area (Å²) in [4.78, 5) is 12.9. The fourth-order valence-corrected chi connectivity index (χ4v) is 4.54. The summed E-state index contributed by atoms with van der Waals surface area (Å²) < 4.78 is 7.53. The van der Waals surface area contributed by atoms with Crippen LogP contribution in [0.15, 0.2) is 60.7 Å². The summed E-state index contributed by atoms with van der Waals surface area (Å²) >= 11 is 24.7. The number of ether oxygens (including phenoxy) is 1. The predicted molar refractivity (Wildman–Crippen MR) is 142 cm³/mol. The number of benzene rings is 3. The van der Waals surface area contributed by atoms with E-state index in [1.165, 1.54) is 0 Å². The number of nitrogens with zero attached hydrogens (tertiary/aromatic N) is 2. The van der Waals surface area contributed by atoms with E-state index in [1.54, 1.807) is 53.2 Å². The molecular weight excluding hydrogens is 528 g/mol. The first-order chi connectivity index (χ1) is 16.7. The normalized spacial score (nSPS) is 10.9. The number of carbonyl (C=O) groups is 1. The second kappa shape index (κ2) is 10.9. The third kappa shape index (κ3) is 5.93. The van der Waals surface area contributed by atoms with Crippen molar-refractivity contribution in [3.8, 4) is 5.75 Å². The van der Waals surface area contributed by atoms with Crippen molar-refractivity contribution in [2.45, 2.75) is 27.0 Å². The summed E-state index contributed by atoms with van der Waals surface area (Å²) in [6.07, 6.45) is 0. The van der Waals surface area contributed by atoms with Gasteiger partial charge in [-0.15, -0.1) is 0 Å². The SMILES string of the molecule is Cc1nn(Cc2c(Cl)cccc2Cl)c(C)c1NC(=O)c1ccc(COc2ccc(Cl)cc2Cl)cc1. The molecule has 1 aromatic heterocycles. The Kier molecular flexibility index (Phi) is 7.92. The van der Waals surface area contributed by atoms with Crippen molar-refractivity contribution in [1.82, 2.24) is 9.78 Å². The Morgan fingerprint density at radius 2 is 1.63 bits per heavy atom. The van der Waals surface area contributed by atoms with E-state index in [0.29, 0.717) is 55.9 Å². The van der Waals surface area contributed by atoms with Crippen molar-refractivity contribution >= 4 is 58.0 Å². The summed E-state index contributed by atoms with van der Waals surface area (Å²) in [5, 5.41) is 9.65. The molecule has 180 valence electrons. The number of hydrogen-bond donors (Lipinski definition) is 1. The number of anilines is 1. The Morgan fingerprint density at radius 3 is 2.29 bits per heavy atom. The molecule has 0 saturated heterocycles. The van der Waals surface area contributed by atoms with Crippen LogP contribution in [-0.2, 0) is 13.2 Å². The highest BCUT2D eigenvalue weighted by atomic mass is 35.5. The Bertz CT molecular complexity index is 1360. The van der Waals surface area contributed by atoms with Gasteiger partial charge in [0, 0.05) is 26.2 Å². The van der Waals surface area contributed by atoms with E-state index in [-0.39, 0.29) is 5.91 Å². The molecule has 0 unspecified atom stereocenters. The van der Waals surface area contributed by atoms with Crippen molar-refractivity contribution in [1.29, 1.82) is 0 Å². The van der Waals surface area contributed by atoms with E-state index in [4.69, 9.17) is 51.1 Å². The van der Waals surface area contributed by atoms with E-state index in [1.807, 2.05) is 26.0 Å². The Hall–Kier alpha value is -2.70. The fourth-order valence-electron chi connectivity index (χ4n) is 3.56. The van der Waals surface area contributed by atoms with Gasteiger partial charge in [0.1, 0.15) is 12.4 Å². The Labute approximate surface area is 223 Å². The molecule has 9 heteroatoms. The van der Waals surface area contributed by atoms with Crippen molar-refractivity contribution < 1.29 is 9.53 Å². The van der Waals surface area contributed by atoms with E-state index in [9.17, 15) is 4.79 Å². The van der Waals surface area contributed by atoms with Gasteiger partial charge in [-0.3, -0.25) is 9.48 Å². The van der Waals surface area contributed by atoms with Crippen molar-refractivity contribution in [3.63, 3.8) is 0 Å². The summed E-state index contributed by atoms with van der Waals surface area (Å²) in [6, 6.07) is 17.6. The number of hydrogen-bond acceptors (Lipinski definition) is 3. The van der Waals surface area contributed by atoms with Gasteiger partial charge < -0.3 is 10.1 Å². The standard InChI is InChI=1S/C26H21Cl4N3O2/c1-15-25(16(2)33(32-15)13-20-21(28)4-3-5-22(20)29)31-26(34)18-8-6-17(7-9-18)14-35-24-11-10-19(27)12-23(24)30/h3-12H,13-14H2,1-2H3,(H,31,34). The van der Waals surface area contributed by atoms with E-state index in [2.05, 4.69) is 10.4 Å². The van der Waals surface area contributed by atoms with Gasteiger partial charge in [0.2, 0.25) is 0 Å². The first kappa shape index (κ1) is 25.4. The zero-order valence-electron chi connectivity index (χ0n) is 18.9. The van der Waals surface area contributed by atoms with Gasteiger partial charge in [0.25, 0.3) is 5.91 Å². The monoisotopic (exact) mass is 547 g/mol. The van der Waals surface area contributed by atoms with Crippen molar-refractivity contribution in [2.75, 3.05) is 5.32 Å². The highest BCUT2D eigenvalue weighted by molar-refractivity contribution is 6.36.